The van der Waals surface area contributed by atoms with E-state index in [9.17, 15) is 0 Å². The summed E-state index contributed by atoms with van der Waals surface area (Å²) in [6, 6.07) is 0. The zero-order valence-corrected chi connectivity index (χ0v) is 9.23. The second-order valence-corrected chi connectivity index (χ2v) is 4.00. The molecular formula is C11H17N3O. The van der Waals surface area contributed by atoms with Crippen LogP contribution in [0.1, 0.15) is 19.0 Å². The van der Waals surface area contributed by atoms with Crippen LogP contribution in [-0.2, 0) is 4.74 Å². The lowest BCUT2D eigenvalue weighted by molar-refractivity contribution is 0.108. The Morgan fingerprint density at radius 3 is 2.93 bits per heavy atom. The molecular weight excluding hydrogens is 190 g/mol. The summed E-state index contributed by atoms with van der Waals surface area (Å²) in [6.45, 7) is 5.89. The second kappa shape index (κ2) is 4.57. The molecule has 0 saturated carbocycles. The van der Waals surface area contributed by atoms with Gasteiger partial charge in [0.2, 0.25) is 0 Å². The van der Waals surface area contributed by atoms with Gasteiger partial charge in [-0.3, -0.25) is 4.98 Å². The molecule has 1 saturated heterocycles. The van der Waals surface area contributed by atoms with Crippen LogP contribution in [0.5, 0.6) is 0 Å². The van der Waals surface area contributed by atoms with Crippen molar-refractivity contribution < 1.29 is 4.74 Å². The van der Waals surface area contributed by atoms with Crippen molar-refractivity contribution >= 4 is 5.82 Å². The summed E-state index contributed by atoms with van der Waals surface area (Å²) in [4.78, 5) is 8.44. The minimum atomic E-state index is 0.356. The van der Waals surface area contributed by atoms with Crippen molar-refractivity contribution in [2.45, 2.75) is 26.4 Å². The summed E-state index contributed by atoms with van der Waals surface area (Å²) in [5.74, 6) is 1.48. The third-order valence-electron chi connectivity index (χ3n) is 2.95. The van der Waals surface area contributed by atoms with Gasteiger partial charge in [-0.2, -0.15) is 0 Å². The van der Waals surface area contributed by atoms with Crippen molar-refractivity contribution in [3.8, 4) is 0 Å². The van der Waals surface area contributed by atoms with Crippen LogP contribution in [-0.4, -0.2) is 29.2 Å². The van der Waals surface area contributed by atoms with E-state index in [2.05, 4.69) is 22.2 Å². The van der Waals surface area contributed by atoms with E-state index >= 15 is 0 Å². The van der Waals surface area contributed by atoms with Crippen molar-refractivity contribution in [2.75, 3.05) is 18.5 Å². The summed E-state index contributed by atoms with van der Waals surface area (Å²) in [7, 11) is 0. The highest BCUT2D eigenvalue weighted by atomic mass is 16.5. The molecule has 82 valence electrons. The monoisotopic (exact) mass is 207 g/mol. The summed E-state index contributed by atoms with van der Waals surface area (Å²) in [5.41, 5.74) is 0.948. The van der Waals surface area contributed by atoms with Crippen LogP contribution in [0.3, 0.4) is 0 Å². The van der Waals surface area contributed by atoms with E-state index in [1.165, 1.54) is 0 Å². The van der Waals surface area contributed by atoms with Gasteiger partial charge >= 0.3 is 0 Å². The molecule has 1 fully saturated rings. The molecule has 2 heterocycles. The first-order chi connectivity index (χ1) is 7.27. The van der Waals surface area contributed by atoms with Crippen LogP contribution < -0.4 is 5.32 Å². The molecule has 0 bridgehead atoms. The van der Waals surface area contributed by atoms with E-state index in [1.54, 1.807) is 12.4 Å². The number of nitrogens with zero attached hydrogens (tertiary/aromatic N) is 2. The van der Waals surface area contributed by atoms with Crippen LogP contribution in [0.2, 0.25) is 0 Å². The molecule has 1 aliphatic rings. The minimum absolute atomic E-state index is 0.356. The molecule has 4 nitrogen and oxygen atoms in total. The Morgan fingerprint density at radius 2 is 2.27 bits per heavy atom. The topological polar surface area (TPSA) is 47.0 Å². The highest BCUT2D eigenvalue weighted by Gasteiger charge is 2.23. The van der Waals surface area contributed by atoms with Gasteiger partial charge in [-0.15, -0.1) is 0 Å². The fourth-order valence-electron chi connectivity index (χ4n) is 1.85. The van der Waals surface area contributed by atoms with Crippen LogP contribution in [0.15, 0.2) is 12.4 Å². The summed E-state index contributed by atoms with van der Waals surface area (Å²) >= 11 is 0. The van der Waals surface area contributed by atoms with Crippen molar-refractivity contribution in [2.24, 2.45) is 5.92 Å². The van der Waals surface area contributed by atoms with Crippen molar-refractivity contribution in [3.05, 3.63) is 18.1 Å². The van der Waals surface area contributed by atoms with Gasteiger partial charge in [-0.05, 0) is 20.3 Å². The predicted octanol–water partition coefficient (Wildman–Crippen LogP) is 1.62. The number of hydrogen-bond donors (Lipinski definition) is 1. The van der Waals surface area contributed by atoms with Crippen LogP contribution >= 0.6 is 0 Å². The van der Waals surface area contributed by atoms with E-state index in [4.69, 9.17) is 4.74 Å². The summed E-state index contributed by atoms with van der Waals surface area (Å²) < 4.78 is 5.51. The van der Waals surface area contributed by atoms with E-state index in [0.29, 0.717) is 12.0 Å². The van der Waals surface area contributed by atoms with E-state index < -0.39 is 0 Å². The lowest BCUT2D eigenvalue weighted by Crippen LogP contribution is -2.21. The molecule has 0 aromatic carbocycles. The van der Waals surface area contributed by atoms with Crippen LogP contribution in [0, 0.1) is 12.8 Å². The first kappa shape index (κ1) is 10.4. The summed E-state index contributed by atoms with van der Waals surface area (Å²) in [5, 5.41) is 3.33. The number of rotatable bonds is 3. The maximum Gasteiger partial charge on any atom is 0.147 e. The highest BCUT2D eigenvalue weighted by molar-refractivity contribution is 5.38. The van der Waals surface area contributed by atoms with Gasteiger partial charge < -0.3 is 10.1 Å². The molecule has 1 aromatic heterocycles. The molecule has 4 heteroatoms. The maximum absolute atomic E-state index is 5.51. The lowest BCUT2D eigenvalue weighted by atomic mass is 10.0. The minimum Gasteiger partial charge on any atom is -0.378 e. The first-order valence-electron chi connectivity index (χ1n) is 5.40. The van der Waals surface area contributed by atoms with Crippen molar-refractivity contribution in [1.29, 1.82) is 0 Å². The fourth-order valence-corrected chi connectivity index (χ4v) is 1.85. The van der Waals surface area contributed by atoms with Crippen LogP contribution in [0.4, 0.5) is 5.82 Å². The molecule has 1 N–H and O–H groups in total. The Kier molecular flexibility index (Phi) is 3.16. The molecule has 0 aliphatic carbocycles. The van der Waals surface area contributed by atoms with Gasteiger partial charge in [0.05, 0.1) is 11.8 Å². The van der Waals surface area contributed by atoms with Crippen LogP contribution in [0.25, 0.3) is 0 Å². The van der Waals surface area contributed by atoms with Gasteiger partial charge in [0.25, 0.3) is 0 Å². The van der Waals surface area contributed by atoms with E-state index in [0.717, 1.165) is 31.1 Å². The Bertz CT molecular complexity index is 329. The normalized spacial score (nSPS) is 25.5. The first-order valence-corrected chi connectivity index (χ1v) is 5.40. The predicted molar refractivity (Wildman–Crippen MR) is 58.8 cm³/mol. The third kappa shape index (κ3) is 2.45. The molecule has 0 spiro atoms. The average molecular weight is 207 g/mol. The zero-order chi connectivity index (χ0) is 10.7. The smallest absolute Gasteiger partial charge is 0.147 e. The lowest BCUT2D eigenvalue weighted by Gasteiger charge is -2.15. The molecule has 0 radical (unpaired) electrons. The largest absolute Gasteiger partial charge is 0.378 e. The number of aromatic nitrogens is 2. The molecule has 2 atom stereocenters. The Morgan fingerprint density at radius 1 is 1.47 bits per heavy atom. The second-order valence-electron chi connectivity index (χ2n) is 4.00. The molecule has 0 amide bonds. The Balaban J connectivity index is 1.90. The van der Waals surface area contributed by atoms with E-state index in [-0.39, 0.29) is 0 Å². The van der Waals surface area contributed by atoms with Crippen molar-refractivity contribution in [1.82, 2.24) is 9.97 Å². The molecule has 2 rings (SSSR count). The zero-order valence-electron chi connectivity index (χ0n) is 9.23. The van der Waals surface area contributed by atoms with Gasteiger partial charge in [-0.25, -0.2) is 4.98 Å². The average Bonchev–Trinajstić information content (AvgIpc) is 2.63. The highest BCUT2D eigenvalue weighted by Crippen LogP contribution is 2.20. The molecule has 1 aliphatic heterocycles. The van der Waals surface area contributed by atoms with Crippen molar-refractivity contribution in [3.63, 3.8) is 0 Å². The van der Waals surface area contributed by atoms with Gasteiger partial charge in [-0.1, -0.05) is 0 Å². The van der Waals surface area contributed by atoms with Gasteiger partial charge in [0.1, 0.15) is 5.82 Å². The Labute approximate surface area is 90.1 Å². The number of nitrogens with one attached hydrogen (secondary N) is 1. The molecule has 2 unspecified atom stereocenters. The fraction of sp³-hybridized carbons (Fsp3) is 0.636. The molecule has 15 heavy (non-hydrogen) atoms. The van der Waals surface area contributed by atoms with Gasteiger partial charge in [0.15, 0.2) is 0 Å². The third-order valence-corrected chi connectivity index (χ3v) is 2.95. The summed E-state index contributed by atoms with van der Waals surface area (Å²) in [6.07, 6.45) is 4.91. The number of anilines is 1. The standard InChI is InChI=1S/C11H17N3O/c1-8-11(13-5-4-12-8)14-7-10-3-6-15-9(10)2/h4-5,9-10H,3,6-7H2,1-2H3,(H,13,14). The number of aryl methyl sites for hydroxylation is 1. The molecule has 1 aromatic rings. The number of ether oxygens (including phenoxy) is 1. The SMILES string of the molecule is Cc1nccnc1NCC1CCOC1C. The van der Waals surface area contributed by atoms with E-state index in [1.807, 2.05) is 6.92 Å². The Hall–Kier alpha value is -1.16. The number of hydrogen-bond acceptors (Lipinski definition) is 4. The maximum atomic E-state index is 5.51. The quantitative estimate of drug-likeness (QED) is 0.818. The van der Waals surface area contributed by atoms with Gasteiger partial charge in [0, 0.05) is 31.5 Å².